The Morgan fingerprint density at radius 1 is 1.37 bits per heavy atom. The lowest BCUT2D eigenvalue weighted by Gasteiger charge is -2.08. The van der Waals surface area contributed by atoms with Crippen molar-refractivity contribution in [2.75, 3.05) is 4.72 Å². The standard InChI is InChI=1S/C11H13BrN4O2S/c1-3-9-13-6-10(15-9)19(17,18)16-11-7(2)4-8(12)5-14-11/h4-6H,3H2,1-2H3,(H,13,15)(H,14,16). The molecule has 2 rings (SSSR count). The van der Waals surface area contributed by atoms with Crippen molar-refractivity contribution in [1.29, 1.82) is 0 Å². The molecular weight excluding hydrogens is 332 g/mol. The minimum atomic E-state index is -3.68. The highest BCUT2D eigenvalue weighted by molar-refractivity contribution is 9.10. The van der Waals surface area contributed by atoms with Gasteiger partial charge < -0.3 is 4.98 Å². The van der Waals surface area contributed by atoms with Crippen molar-refractivity contribution in [3.63, 3.8) is 0 Å². The largest absolute Gasteiger partial charge is 0.332 e. The fourth-order valence-corrected chi connectivity index (χ4v) is 2.96. The van der Waals surface area contributed by atoms with Crippen molar-refractivity contribution in [2.24, 2.45) is 0 Å². The quantitative estimate of drug-likeness (QED) is 0.890. The first kappa shape index (κ1) is 14.0. The average Bonchev–Trinajstić information content (AvgIpc) is 2.82. The Labute approximate surface area is 119 Å². The number of nitrogens with zero attached hydrogens (tertiary/aromatic N) is 2. The van der Waals surface area contributed by atoms with Gasteiger partial charge in [0.2, 0.25) is 0 Å². The van der Waals surface area contributed by atoms with Crippen LogP contribution in [0.1, 0.15) is 18.3 Å². The second-order valence-corrected chi connectivity index (χ2v) is 6.54. The van der Waals surface area contributed by atoms with Crippen molar-refractivity contribution < 1.29 is 8.42 Å². The van der Waals surface area contributed by atoms with E-state index in [1.807, 2.05) is 6.92 Å². The number of halogens is 1. The molecule has 0 aliphatic carbocycles. The number of anilines is 1. The van der Waals surface area contributed by atoms with Crippen LogP contribution in [0.5, 0.6) is 0 Å². The SMILES string of the molecule is CCc1ncc(S(=O)(=O)Nc2ncc(Br)cc2C)[nH]1. The molecule has 0 radical (unpaired) electrons. The predicted octanol–water partition coefficient (Wildman–Crippen LogP) is 2.24. The molecule has 2 N–H and O–H groups in total. The van der Waals surface area contributed by atoms with Gasteiger partial charge in [0.05, 0.1) is 6.20 Å². The van der Waals surface area contributed by atoms with Crippen LogP contribution in [0, 0.1) is 6.92 Å². The molecule has 0 aromatic carbocycles. The number of imidazole rings is 1. The summed E-state index contributed by atoms with van der Waals surface area (Å²) in [7, 11) is -3.68. The maximum atomic E-state index is 12.1. The van der Waals surface area contributed by atoms with Crippen molar-refractivity contribution in [2.45, 2.75) is 25.3 Å². The number of aromatic nitrogens is 3. The summed E-state index contributed by atoms with van der Waals surface area (Å²) in [6.07, 6.45) is 3.48. The summed E-state index contributed by atoms with van der Waals surface area (Å²) in [6, 6.07) is 1.79. The summed E-state index contributed by atoms with van der Waals surface area (Å²) in [5.41, 5.74) is 0.730. The number of nitrogens with one attached hydrogen (secondary N) is 2. The third kappa shape index (κ3) is 3.13. The average molecular weight is 345 g/mol. The third-order valence-electron chi connectivity index (χ3n) is 2.51. The number of hydrogen-bond donors (Lipinski definition) is 2. The molecule has 102 valence electrons. The Morgan fingerprint density at radius 2 is 2.11 bits per heavy atom. The molecule has 0 saturated carbocycles. The van der Waals surface area contributed by atoms with E-state index in [2.05, 4.69) is 35.6 Å². The van der Waals surface area contributed by atoms with Gasteiger partial charge in [-0.1, -0.05) is 6.92 Å². The Kier molecular flexibility index (Phi) is 3.91. The third-order valence-corrected chi connectivity index (χ3v) is 4.19. The summed E-state index contributed by atoms with van der Waals surface area (Å²) >= 11 is 3.28. The van der Waals surface area contributed by atoms with Gasteiger partial charge in [0, 0.05) is 17.1 Å². The second kappa shape index (κ2) is 5.30. The van der Waals surface area contributed by atoms with Gasteiger partial charge in [0.25, 0.3) is 10.0 Å². The molecule has 0 bridgehead atoms. The molecule has 2 heterocycles. The minimum absolute atomic E-state index is 0.0356. The lowest BCUT2D eigenvalue weighted by Crippen LogP contribution is -2.15. The van der Waals surface area contributed by atoms with E-state index in [9.17, 15) is 8.42 Å². The van der Waals surface area contributed by atoms with Crippen LogP contribution in [0.2, 0.25) is 0 Å². The van der Waals surface area contributed by atoms with Gasteiger partial charge in [0.15, 0.2) is 5.03 Å². The minimum Gasteiger partial charge on any atom is -0.332 e. The molecule has 2 aromatic heterocycles. The maximum Gasteiger partial charge on any atom is 0.280 e. The molecule has 8 heteroatoms. The number of sulfonamides is 1. The van der Waals surface area contributed by atoms with Gasteiger partial charge in [-0.25, -0.2) is 9.97 Å². The van der Waals surface area contributed by atoms with Crippen LogP contribution in [0.4, 0.5) is 5.82 Å². The summed E-state index contributed by atoms with van der Waals surface area (Å²) in [4.78, 5) is 10.8. The lowest BCUT2D eigenvalue weighted by molar-refractivity contribution is 0.597. The van der Waals surface area contributed by atoms with Crippen molar-refractivity contribution in [1.82, 2.24) is 15.0 Å². The molecule has 0 fully saturated rings. The van der Waals surface area contributed by atoms with Crippen LogP contribution < -0.4 is 4.72 Å². The van der Waals surface area contributed by atoms with E-state index in [1.165, 1.54) is 12.4 Å². The van der Waals surface area contributed by atoms with Crippen LogP contribution in [0.25, 0.3) is 0 Å². The van der Waals surface area contributed by atoms with E-state index in [4.69, 9.17) is 0 Å². The van der Waals surface area contributed by atoms with Crippen LogP contribution >= 0.6 is 15.9 Å². The topological polar surface area (TPSA) is 87.7 Å². The lowest BCUT2D eigenvalue weighted by atomic mass is 10.3. The Hall–Kier alpha value is -1.41. The van der Waals surface area contributed by atoms with Crippen LogP contribution in [-0.4, -0.2) is 23.4 Å². The Bertz CT molecular complexity index is 696. The van der Waals surface area contributed by atoms with Crippen LogP contribution in [-0.2, 0) is 16.4 Å². The molecule has 19 heavy (non-hydrogen) atoms. The fraction of sp³-hybridized carbons (Fsp3) is 0.273. The summed E-state index contributed by atoms with van der Waals surface area (Å²) in [5, 5.41) is 0.0356. The molecule has 0 amide bonds. The molecule has 0 aliphatic heterocycles. The van der Waals surface area contributed by atoms with E-state index in [0.29, 0.717) is 18.1 Å². The highest BCUT2D eigenvalue weighted by atomic mass is 79.9. The van der Waals surface area contributed by atoms with E-state index in [0.717, 1.165) is 10.0 Å². The zero-order valence-corrected chi connectivity index (χ0v) is 12.8. The monoisotopic (exact) mass is 344 g/mol. The van der Waals surface area contributed by atoms with Gasteiger partial charge in [0.1, 0.15) is 11.6 Å². The smallest absolute Gasteiger partial charge is 0.280 e. The van der Waals surface area contributed by atoms with Crippen molar-refractivity contribution in [3.8, 4) is 0 Å². The number of H-pyrrole nitrogens is 1. The van der Waals surface area contributed by atoms with Crippen molar-refractivity contribution in [3.05, 3.63) is 34.3 Å². The number of aryl methyl sites for hydroxylation is 2. The molecule has 6 nitrogen and oxygen atoms in total. The molecule has 0 saturated heterocycles. The number of hydrogen-bond acceptors (Lipinski definition) is 4. The van der Waals surface area contributed by atoms with Gasteiger partial charge in [-0.2, -0.15) is 8.42 Å². The normalized spacial score (nSPS) is 11.5. The number of pyridine rings is 1. The first-order valence-corrected chi connectivity index (χ1v) is 7.89. The molecular formula is C11H13BrN4O2S. The highest BCUT2D eigenvalue weighted by Gasteiger charge is 2.18. The van der Waals surface area contributed by atoms with Gasteiger partial charge in [-0.15, -0.1) is 0 Å². The summed E-state index contributed by atoms with van der Waals surface area (Å²) in [5.74, 6) is 0.928. The first-order valence-electron chi connectivity index (χ1n) is 5.61. The maximum absolute atomic E-state index is 12.1. The van der Waals surface area contributed by atoms with Gasteiger partial charge >= 0.3 is 0 Å². The Balaban J connectivity index is 2.30. The van der Waals surface area contributed by atoms with Crippen LogP contribution in [0.3, 0.4) is 0 Å². The zero-order valence-electron chi connectivity index (χ0n) is 10.4. The highest BCUT2D eigenvalue weighted by Crippen LogP contribution is 2.19. The molecule has 0 unspecified atom stereocenters. The predicted molar refractivity (Wildman–Crippen MR) is 75.4 cm³/mol. The van der Waals surface area contributed by atoms with Gasteiger partial charge in [-0.3, -0.25) is 4.72 Å². The first-order chi connectivity index (χ1) is 8.92. The molecule has 0 spiro atoms. The summed E-state index contributed by atoms with van der Waals surface area (Å²) < 4.78 is 27.5. The van der Waals surface area contributed by atoms with Crippen molar-refractivity contribution >= 4 is 31.8 Å². The Morgan fingerprint density at radius 3 is 2.68 bits per heavy atom. The van der Waals surface area contributed by atoms with E-state index in [-0.39, 0.29) is 5.03 Å². The van der Waals surface area contributed by atoms with E-state index < -0.39 is 10.0 Å². The molecule has 0 aliphatic rings. The summed E-state index contributed by atoms with van der Waals surface area (Å²) in [6.45, 7) is 3.67. The number of aromatic amines is 1. The van der Waals surface area contributed by atoms with Crippen LogP contribution in [0.15, 0.2) is 28.0 Å². The second-order valence-electron chi connectivity index (χ2n) is 3.97. The van der Waals surface area contributed by atoms with E-state index >= 15 is 0 Å². The van der Waals surface area contributed by atoms with Gasteiger partial charge in [-0.05, 0) is 34.5 Å². The molecule has 2 aromatic rings. The molecule has 0 atom stereocenters. The fourth-order valence-electron chi connectivity index (χ4n) is 1.49. The van der Waals surface area contributed by atoms with E-state index in [1.54, 1.807) is 13.0 Å². The number of rotatable bonds is 4. The zero-order chi connectivity index (χ0) is 14.0.